The Kier molecular flexibility index (Phi) is 5.17. The number of carbonyl (C=O) groups excluding carboxylic acids is 2. The van der Waals surface area contributed by atoms with Gasteiger partial charge in [-0.05, 0) is 34.5 Å². The number of esters is 1. The number of ether oxygens (including phenoxy) is 2. The summed E-state index contributed by atoms with van der Waals surface area (Å²) in [6, 6.07) is 1.88. The zero-order valence-electron chi connectivity index (χ0n) is 11.3. The summed E-state index contributed by atoms with van der Waals surface area (Å²) in [5.41, 5.74) is 1.05. The molecule has 0 radical (unpaired) electrons. The molecule has 20 heavy (non-hydrogen) atoms. The van der Waals surface area contributed by atoms with E-state index >= 15 is 0 Å². The molecule has 1 fully saturated rings. The number of methoxy groups -OCH3 is 1. The minimum atomic E-state index is -0.320. The summed E-state index contributed by atoms with van der Waals surface area (Å²) in [5, 5.41) is 0. The molecule has 2 rings (SSSR count). The molecule has 1 unspecified atom stereocenters. The van der Waals surface area contributed by atoms with Gasteiger partial charge in [-0.2, -0.15) is 0 Å². The lowest BCUT2D eigenvalue weighted by Crippen LogP contribution is -2.46. The van der Waals surface area contributed by atoms with Crippen molar-refractivity contribution in [2.75, 3.05) is 26.8 Å². The fourth-order valence-electron chi connectivity index (χ4n) is 2.02. The molecule has 1 aromatic rings. The Morgan fingerprint density at radius 3 is 2.95 bits per heavy atom. The predicted molar refractivity (Wildman–Crippen MR) is 79.0 cm³/mol. The minimum absolute atomic E-state index is 0.0121. The standard InChI is InChI=1S/C13H16BrNO4S/c1-8-5-10(20-12(8)14)13(17)15-3-4-19-9(7-15)6-11(16)18-2/h5,9H,3-4,6-7H2,1-2H3. The number of halogens is 1. The normalized spacial score (nSPS) is 18.9. The van der Waals surface area contributed by atoms with E-state index in [9.17, 15) is 9.59 Å². The van der Waals surface area contributed by atoms with Gasteiger partial charge in [0.05, 0.1) is 34.9 Å². The van der Waals surface area contributed by atoms with E-state index in [2.05, 4.69) is 20.7 Å². The number of hydrogen-bond acceptors (Lipinski definition) is 5. The number of thiophene rings is 1. The molecule has 1 atom stereocenters. The van der Waals surface area contributed by atoms with Crippen molar-refractivity contribution in [1.82, 2.24) is 4.90 Å². The summed E-state index contributed by atoms with van der Waals surface area (Å²) >= 11 is 4.85. The average Bonchev–Trinajstić information content (AvgIpc) is 2.78. The highest BCUT2D eigenvalue weighted by atomic mass is 79.9. The van der Waals surface area contributed by atoms with Gasteiger partial charge >= 0.3 is 5.97 Å². The highest BCUT2D eigenvalue weighted by Gasteiger charge is 2.27. The molecule has 5 nitrogen and oxygen atoms in total. The van der Waals surface area contributed by atoms with E-state index in [1.165, 1.54) is 18.4 Å². The Hall–Kier alpha value is -0.920. The molecule has 0 aliphatic carbocycles. The quantitative estimate of drug-likeness (QED) is 0.774. The predicted octanol–water partition coefficient (Wildman–Crippen LogP) is 2.22. The van der Waals surface area contributed by atoms with Crippen molar-refractivity contribution >= 4 is 39.1 Å². The number of nitrogens with zero attached hydrogens (tertiary/aromatic N) is 1. The number of hydrogen-bond donors (Lipinski definition) is 0. The summed E-state index contributed by atoms with van der Waals surface area (Å²) in [4.78, 5) is 26.1. The third kappa shape index (κ3) is 3.59. The van der Waals surface area contributed by atoms with Crippen molar-refractivity contribution < 1.29 is 19.1 Å². The first-order valence-electron chi connectivity index (χ1n) is 6.25. The summed E-state index contributed by atoms with van der Waals surface area (Å²) < 4.78 is 11.1. The maximum atomic E-state index is 12.4. The Balaban J connectivity index is 2.01. The highest BCUT2D eigenvalue weighted by Crippen LogP contribution is 2.28. The number of carbonyl (C=O) groups is 2. The Labute approximate surface area is 130 Å². The monoisotopic (exact) mass is 361 g/mol. The van der Waals surface area contributed by atoms with Crippen LogP contribution in [0.3, 0.4) is 0 Å². The molecule has 110 valence electrons. The van der Waals surface area contributed by atoms with Gasteiger partial charge < -0.3 is 14.4 Å². The van der Waals surface area contributed by atoms with E-state index in [1.807, 2.05) is 13.0 Å². The Morgan fingerprint density at radius 1 is 1.60 bits per heavy atom. The van der Waals surface area contributed by atoms with Gasteiger partial charge in [-0.15, -0.1) is 11.3 Å². The molecule has 2 heterocycles. The topological polar surface area (TPSA) is 55.8 Å². The summed E-state index contributed by atoms with van der Waals surface area (Å²) in [7, 11) is 1.35. The zero-order valence-corrected chi connectivity index (χ0v) is 13.8. The fraction of sp³-hybridized carbons (Fsp3) is 0.538. The van der Waals surface area contributed by atoms with Gasteiger partial charge in [-0.1, -0.05) is 0 Å². The van der Waals surface area contributed by atoms with Gasteiger partial charge in [0.15, 0.2) is 0 Å². The van der Waals surface area contributed by atoms with Crippen LogP contribution in [0.4, 0.5) is 0 Å². The van der Waals surface area contributed by atoms with Crippen LogP contribution in [0.5, 0.6) is 0 Å². The van der Waals surface area contributed by atoms with Crippen LogP contribution >= 0.6 is 27.3 Å². The van der Waals surface area contributed by atoms with Crippen molar-refractivity contribution in [3.05, 3.63) is 20.3 Å². The van der Waals surface area contributed by atoms with Crippen molar-refractivity contribution in [1.29, 1.82) is 0 Å². The van der Waals surface area contributed by atoms with E-state index < -0.39 is 0 Å². The van der Waals surface area contributed by atoms with Crippen LogP contribution in [0.25, 0.3) is 0 Å². The van der Waals surface area contributed by atoms with Crippen LogP contribution in [0, 0.1) is 6.92 Å². The first kappa shape index (κ1) is 15.5. The number of aryl methyl sites for hydroxylation is 1. The van der Waals surface area contributed by atoms with Crippen LogP contribution in [-0.4, -0.2) is 49.7 Å². The summed E-state index contributed by atoms with van der Waals surface area (Å²) in [6.07, 6.45) is -0.113. The van der Waals surface area contributed by atoms with E-state index in [0.717, 1.165) is 9.35 Å². The molecule has 1 aromatic heterocycles. The van der Waals surface area contributed by atoms with E-state index in [1.54, 1.807) is 4.90 Å². The molecule has 1 aliphatic rings. The molecule has 1 saturated heterocycles. The Morgan fingerprint density at radius 2 is 2.35 bits per heavy atom. The molecular weight excluding hydrogens is 346 g/mol. The van der Waals surface area contributed by atoms with E-state index in [0.29, 0.717) is 24.6 Å². The third-order valence-corrected chi connectivity index (χ3v) is 5.24. The SMILES string of the molecule is COC(=O)CC1CN(C(=O)c2cc(C)c(Br)s2)CCO1. The zero-order chi connectivity index (χ0) is 14.7. The summed E-state index contributed by atoms with van der Waals surface area (Å²) in [5.74, 6) is -0.332. The Bertz CT molecular complexity index is 497. The van der Waals surface area contributed by atoms with Crippen molar-refractivity contribution in [3.8, 4) is 0 Å². The lowest BCUT2D eigenvalue weighted by molar-refractivity contribution is -0.145. The van der Waals surface area contributed by atoms with Crippen LogP contribution in [-0.2, 0) is 14.3 Å². The maximum Gasteiger partial charge on any atom is 0.308 e. The van der Waals surface area contributed by atoms with Crippen LogP contribution < -0.4 is 0 Å². The van der Waals surface area contributed by atoms with Crippen LogP contribution in [0.2, 0.25) is 0 Å². The molecule has 0 bridgehead atoms. The maximum absolute atomic E-state index is 12.4. The lowest BCUT2D eigenvalue weighted by atomic mass is 10.2. The second-order valence-corrected chi connectivity index (χ2v) is 6.96. The van der Waals surface area contributed by atoms with Gasteiger partial charge in [0.25, 0.3) is 5.91 Å². The minimum Gasteiger partial charge on any atom is -0.469 e. The van der Waals surface area contributed by atoms with Gasteiger partial charge in [0, 0.05) is 13.1 Å². The highest BCUT2D eigenvalue weighted by molar-refractivity contribution is 9.11. The molecule has 7 heteroatoms. The van der Waals surface area contributed by atoms with E-state index in [-0.39, 0.29) is 24.4 Å². The van der Waals surface area contributed by atoms with Crippen LogP contribution in [0.15, 0.2) is 9.85 Å². The molecule has 1 amide bonds. The van der Waals surface area contributed by atoms with E-state index in [4.69, 9.17) is 4.74 Å². The van der Waals surface area contributed by atoms with Crippen molar-refractivity contribution in [2.45, 2.75) is 19.4 Å². The second kappa shape index (κ2) is 6.69. The average molecular weight is 362 g/mol. The second-order valence-electron chi connectivity index (χ2n) is 4.59. The molecule has 1 aliphatic heterocycles. The summed E-state index contributed by atoms with van der Waals surface area (Å²) in [6.45, 7) is 3.36. The molecule has 0 aromatic carbocycles. The molecular formula is C13H16BrNO4S. The van der Waals surface area contributed by atoms with Crippen molar-refractivity contribution in [2.24, 2.45) is 0 Å². The molecule has 0 N–H and O–H groups in total. The van der Waals surface area contributed by atoms with Crippen LogP contribution in [0.1, 0.15) is 21.7 Å². The van der Waals surface area contributed by atoms with Crippen molar-refractivity contribution in [3.63, 3.8) is 0 Å². The number of rotatable bonds is 3. The van der Waals surface area contributed by atoms with Gasteiger partial charge in [0.1, 0.15) is 0 Å². The molecule has 0 spiro atoms. The number of morpholine rings is 1. The molecule has 0 saturated carbocycles. The number of amides is 1. The third-order valence-electron chi connectivity index (χ3n) is 3.12. The first-order valence-corrected chi connectivity index (χ1v) is 7.86. The lowest BCUT2D eigenvalue weighted by Gasteiger charge is -2.32. The van der Waals surface area contributed by atoms with Gasteiger partial charge in [-0.25, -0.2) is 0 Å². The largest absolute Gasteiger partial charge is 0.469 e. The fourth-order valence-corrected chi connectivity index (χ4v) is 3.52. The smallest absolute Gasteiger partial charge is 0.308 e. The van der Waals surface area contributed by atoms with Gasteiger partial charge in [-0.3, -0.25) is 9.59 Å². The first-order chi connectivity index (χ1) is 9.51. The van der Waals surface area contributed by atoms with Gasteiger partial charge in [0.2, 0.25) is 0 Å².